The Morgan fingerprint density at radius 1 is 1.21 bits per heavy atom. The molecule has 0 aliphatic rings. The minimum absolute atomic E-state index is 0.0131. The Hall–Kier alpha value is -1.79. The molecule has 2 aromatic rings. The van der Waals surface area contributed by atoms with E-state index in [1.807, 2.05) is 42.5 Å². The summed E-state index contributed by atoms with van der Waals surface area (Å²) in [5.74, 6) is 0. The van der Waals surface area contributed by atoms with Crippen molar-refractivity contribution in [2.24, 2.45) is 0 Å². The third kappa shape index (κ3) is 3.59. The Morgan fingerprint density at radius 3 is 2.63 bits per heavy atom. The number of hydrogen-bond acceptors (Lipinski definition) is 2. The molecule has 0 saturated carbocycles. The highest BCUT2D eigenvalue weighted by atomic mass is 79.9. The highest BCUT2D eigenvalue weighted by Crippen LogP contribution is 2.27. The van der Waals surface area contributed by atoms with Gasteiger partial charge >= 0.3 is 0 Å². The van der Waals surface area contributed by atoms with Crippen molar-refractivity contribution in [3.05, 3.63) is 64.1 Å². The molecule has 0 aliphatic heterocycles. The van der Waals surface area contributed by atoms with Crippen LogP contribution >= 0.6 is 15.9 Å². The molecule has 3 heteroatoms. The molecule has 0 saturated heterocycles. The minimum Gasteiger partial charge on any atom is -0.377 e. The van der Waals surface area contributed by atoms with Gasteiger partial charge in [-0.1, -0.05) is 52.3 Å². The van der Waals surface area contributed by atoms with Gasteiger partial charge in [-0.3, -0.25) is 0 Å². The van der Waals surface area contributed by atoms with E-state index < -0.39 is 0 Å². The average molecular weight is 315 g/mol. The Bertz CT molecular complexity index is 587. The lowest BCUT2D eigenvalue weighted by Crippen LogP contribution is -2.11. The van der Waals surface area contributed by atoms with Crippen LogP contribution in [0.2, 0.25) is 0 Å². The fourth-order valence-electron chi connectivity index (χ4n) is 1.97. The van der Waals surface area contributed by atoms with Crippen LogP contribution < -0.4 is 5.32 Å². The Morgan fingerprint density at radius 2 is 1.95 bits per heavy atom. The first-order valence-electron chi connectivity index (χ1n) is 6.15. The molecule has 0 fully saturated rings. The zero-order valence-corrected chi connectivity index (χ0v) is 12.3. The van der Waals surface area contributed by atoms with E-state index in [1.165, 1.54) is 5.56 Å². The zero-order valence-electron chi connectivity index (χ0n) is 10.7. The lowest BCUT2D eigenvalue weighted by Gasteiger charge is -2.19. The minimum atomic E-state index is 0.0131. The molecule has 2 aromatic carbocycles. The van der Waals surface area contributed by atoms with E-state index in [0.29, 0.717) is 6.42 Å². The first kappa shape index (κ1) is 13.6. The van der Waals surface area contributed by atoms with Gasteiger partial charge in [-0.15, -0.1) is 0 Å². The lowest BCUT2D eigenvalue weighted by molar-refractivity contribution is 0.804. The summed E-state index contributed by atoms with van der Waals surface area (Å²) in [6, 6.07) is 18.4. The van der Waals surface area contributed by atoms with Gasteiger partial charge in [-0.05, 0) is 30.2 Å². The molecule has 1 N–H and O–H groups in total. The van der Waals surface area contributed by atoms with E-state index in [9.17, 15) is 0 Å². The summed E-state index contributed by atoms with van der Waals surface area (Å²) in [4.78, 5) is 0. The van der Waals surface area contributed by atoms with Crippen LogP contribution in [0.25, 0.3) is 0 Å². The van der Waals surface area contributed by atoms with Crippen molar-refractivity contribution in [1.82, 2.24) is 0 Å². The lowest BCUT2D eigenvalue weighted by atomic mass is 10.0. The fraction of sp³-hybridized carbons (Fsp3) is 0.188. The van der Waals surface area contributed by atoms with Crippen LogP contribution in [0.1, 0.15) is 23.6 Å². The van der Waals surface area contributed by atoms with Gasteiger partial charge in [-0.25, -0.2) is 0 Å². The number of benzene rings is 2. The van der Waals surface area contributed by atoms with E-state index in [1.54, 1.807) is 0 Å². The molecule has 1 unspecified atom stereocenters. The summed E-state index contributed by atoms with van der Waals surface area (Å²) in [6.07, 6.45) is 0.440. The van der Waals surface area contributed by atoms with Crippen LogP contribution in [-0.2, 0) is 0 Å². The number of halogens is 1. The van der Waals surface area contributed by atoms with Gasteiger partial charge in [0.25, 0.3) is 0 Å². The molecule has 2 rings (SSSR count). The highest BCUT2D eigenvalue weighted by molar-refractivity contribution is 9.10. The number of aryl methyl sites for hydroxylation is 1. The average Bonchev–Trinajstić information content (AvgIpc) is 2.43. The van der Waals surface area contributed by atoms with Gasteiger partial charge in [-0.2, -0.15) is 5.26 Å². The van der Waals surface area contributed by atoms with Crippen LogP contribution in [0.4, 0.5) is 5.69 Å². The van der Waals surface area contributed by atoms with Gasteiger partial charge < -0.3 is 5.32 Å². The summed E-state index contributed by atoms with van der Waals surface area (Å²) < 4.78 is 1.03. The Kier molecular flexibility index (Phi) is 4.59. The number of anilines is 1. The second-order valence-electron chi connectivity index (χ2n) is 4.43. The molecule has 0 bridgehead atoms. The van der Waals surface area contributed by atoms with E-state index >= 15 is 0 Å². The summed E-state index contributed by atoms with van der Waals surface area (Å²) in [6.45, 7) is 2.06. The molecule has 0 spiro atoms. The Labute approximate surface area is 122 Å². The van der Waals surface area contributed by atoms with Gasteiger partial charge in [0.15, 0.2) is 0 Å². The second-order valence-corrected chi connectivity index (χ2v) is 5.34. The fourth-order valence-corrected chi connectivity index (χ4v) is 2.33. The van der Waals surface area contributed by atoms with Crippen LogP contribution in [0.5, 0.6) is 0 Å². The van der Waals surface area contributed by atoms with Gasteiger partial charge in [0.1, 0.15) is 0 Å². The smallest absolute Gasteiger partial charge is 0.0647 e. The largest absolute Gasteiger partial charge is 0.377 e. The van der Waals surface area contributed by atoms with Crippen LogP contribution in [0, 0.1) is 18.3 Å². The maximum absolute atomic E-state index is 9.00. The monoisotopic (exact) mass is 314 g/mol. The van der Waals surface area contributed by atoms with Crippen molar-refractivity contribution < 1.29 is 0 Å². The van der Waals surface area contributed by atoms with Crippen molar-refractivity contribution in [3.8, 4) is 6.07 Å². The molecule has 96 valence electrons. The van der Waals surface area contributed by atoms with Gasteiger partial charge in [0.05, 0.1) is 18.5 Å². The van der Waals surface area contributed by atoms with Crippen molar-refractivity contribution in [2.45, 2.75) is 19.4 Å². The maximum Gasteiger partial charge on any atom is 0.0647 e. The van der Waals surface area contributed by atoms with E-state index in [2.05, 4.69) is 40.3 Å². The maximum atomic E-state index is 9.00. The number of hydrogen-bond donors (Lipinski definition) is 1. The van der Waals surface area contributed by atoms with E-state index in [0.717, 1.165) is 15.7 Å². The molecular formula is C16H15BrN2. The molecule has 0 heterocycles. The van der Waals surface area contributed by atoms with Crippen LogP contribution in [-0.4, -0.2) is 0 Å². The van der Waals surface area contributed by atoms with Crippen molar-refractivity contribution in [1.29, 1.82) is 5.26 Å². The summed E-state index contributed by atoms with van der Waals surface area (Å²) in [7, 11) is 0. The second kappa shape index (κ2) is 6.40. The summed E-state index contributed by atoms with van der Waals surface area (Å²) >= 11 is 3.48. The normalized spacial score (nSPS) is 11.6. The standard InChI is InChI=1S/C16H15BrN2/c1-12-7-8-14(17)11-16(12)19-15(9-10-18)13-5-3-2-4-6-13/h2-8,11,15,19H,9H2,1H3. The number of nitrogens with zero attached hydrogens (tertiary/aromatic N) is 1. The molecule has 1 atom stereocenters. The van der Waals surface area contributed by atoms with Crippen molar-refractivity contribution in [3.63, 3.8) is 0 Å². The summed E-state index contributed by atoms with van der Waals surface area (Å²) in [5.41, 5.74) is 3.35. The molecular weight excluding hydrogens is 300 g/mol. The molecule has 0 radical (unpaired) electrons. The SMILES string of the molecule is Cc1ccc(Br)cc1NC(CC#N)c1ccccc1. The van der Waals surface area contributed by atoms with Crippen LogP contribution in [0.3, 0.4) is 0 Å². The zero-order chi connectivity index (χ0) is 13.7. The third-order valence-corrected chi connectivity index (χ3v) is 3.52. The predicted octanol–water partition coefficient (Wildman–Crippen LogP) is 4.82. The van der Waals surface area contributed by atoms with E-state index in [-0.39, 0.29) is 6.04 Å². The molecule has 19 heavy (non-hydrogen) atoms. The molecule has 0 amide bonds. The number of nitrogens with one attached hydrogen (secondary N) is 1. The predicted molar refractivity (Wildman–Crippen MR) is 81.9 cm³/mol. The third-order valence-electron chi connectivity index (χ3n) is 3.03. The topological polar surface area (TPSA) is 35.8 Å². The highest BCUT2D eigenvalue weighted by Gasteiger charge is 2.11. The molecule has 0 aromatic heterocycles. The van der Waals surface area contributed by atoms with Crippen molar-refractivity contribution in [2.75, 3.05) is 5.32 Å². The van der Waals surface area contributed by atoms with Gasteiger partial charge in [0.2, 0.25) is 0 Å². The van der Waals surface area contributed by atoms with Gasteiger partial charge in [0, 0.05) is 10.2 Å². The first-order valence-corrected chi connectivity index (χ1v) is 6.94. The summed E-state index contributed by atoms with van der Waals surface area (Å²) in [5, 5.41) is 12.5. The Balaban J connectivity index is 2.27. The first-order chi connectivity index (χ1) is 9.20. The quantitative estimate of drug-likeness (QED) is 0.877. The van der Waals surface area contributed by atoms with E-state index in [4.69, 9.17) is 5.26 Å². The van der Waals surface area contributed by atoms with Crippen molar-refractivity contribution >= 4 is 21.6 Å². The number of nitriles is 1. The number of rotatable bonds is 4. The molecule has 0 aliphatic carbocycles. The molecule has 2 nitrogen and oxygen atoms in total. The van der Waals surface area contributed by atoms with Crippen LogP contribution in [0.15, 0.2) is 53.0 Å².